The molecule has 2 unspecified atom stereocenters. The summed E-state index contributed by atoms with van der Waals surface area (Å²) in [6, 6.07) is 20.7. The van der Waals surface area contributed by atoms with Gasteiger partial charge in [-0.05, 0) is 36.6 Å². The number of imidazole rings is 1. The highest BCUT2D eigenvalue weighted by atomic mass is 35.5. The number of benzene rings is 2. The molecule has 4 atom stereocenters. The van der Waals surface area contributed by atoms with Gasteiger partial charge in [-0.15, -0.1) is 0 Å². The minimum absolute atomic E-state index is 0.0761. The van der Waals surface area contributed by atoms with Crippen LogP contribution in [0.3, 0.4) is 0 Å². The molecule has 2 saturated heterocycles. The van der Waals surface area contributed by atoms with E-state index >= 15 is 0 Å². The number of hydrogen-bond donors (Lipinski definition) is 1. The van der Waals surface area contributed by atoms with Gasteiger partial charge in [-0.3, -0.25) is 4.57 Å². The van der Waals surface area contributed by atoms with E-state index in [0.717, 1.165) is 0 Å². The van der Waals surface area contributed by atoms with Gasteiger partial charge in [-0.25, -0.2) is 4.98 Å². The van der Waals surface area contributed by atoms with Gasteiger partial charge < -0.3 is 24.1 Å². The summed E-state index contributed by atoms with van der Waals surface area (Å²) >= 11 is 6.48. The standard InChI is InChI=1S/C30H30ClN7O4/c1-4-20-34-26(37-42-20)23-22-24(41-30(2,3)40-22)28(39-23)38-16-33-21-25(35-29(31)36-27(21)38)32-15-19(17-11-7-5-8-12-17)18-13-9-6-10-14-18/h5-14,16,19,22-24,28H,4,15H2,1-3H3,(H,32,35,36)/t22-,23?,24-,28?/m1/s1. The number of hydrogen-bond acceptors (Lipinski definition) is 10. The Bertz CT molecular complexity index is 1650. The second kappa shape index (κ2) is 10.7. The fraction of sp³-hybridized carbons (Fsp3) is 0.367. The number of rotatable bonds is 8. The van der Waals surface area contributed by atoms with Crippen LogP contribution in [0.4, 0.5) is 5.82 Å². The van der Waals surface area contributed by atoms with Crippen LogP contribution in [0, 0.1) is 0 Å². The fourth-order valence-electron chi connectivity index (χ4n) is 5.73. The molecule has 216 valence electrons. The van der Waals surface area contributed by atoms with Gasteiger partial charge >= 0.3 is 0 Å². The molecule has 0 amide bonds. The minimum Gasteiger partial charge on any atom is -0.367 e. The van der Waals surface area contributed by atoms with Crippen LogP contribution in [-0.4, -0.2) is 54.2 Å². The normalized spacial score (nSPS) is 23.1. The van der Waals surface area contributed by atoms with Crippen LogP contribution >= 0.6 is 11.6 Å². The third-order valence-corrected chi connectivity index (χ3v) is 7.78. The Morgan fingerprint density at radius 3 is 2.31 bits per heavy atom. The number of fused-ring (bicyclic) bond motifs is 2. The fourth-order valence-corrected chi connectivity index (χ4v) is 5.90. The molecule has 1 N–H and O–H groups in total. The summed E-state index contributed by atoms with van der Waals surface area (Å²) in [5, 5.41) is 7.72. The first-order valence-electron chi connectivity index (χ1n) is 14.0. The maximum absolute atomic E-state index is 6.48. The van der Waals surface area contributed by atoms with Crippen LogP contribution in [0.5, 0.6) is 0 Å². The monoisotopic (exact) mass is 587 g/mol. The summed E-state index contributed by atoms with van der Waals surface area (Å²) in [5.74, 6) is 0.720. The first kappa shape index (κ1) is 27.0. The molecule has 5 aromatic rings. The number of aromatic nitrogens is 6. The molecule has 0 radical (unpaired) electrons. The van der Waals surface area contributed by atoms with Gasteiger partial charge in [0.1, 0.15) is 12.2 Å². The van der Waals surface area contributed by atoms with Gasteiger partial charge in [-0.1, -0.05) is 72.7 Å². The van der Waals surface area contributed by atoms with E-state index in [2.05, 4.69) is 54.7 Å². The van der Waals surface area contributed by atoms with Crippen LogP contribution < -0.4 is 5.32 Å². The first-order chi connectivity index (χ1) is 20.4. The molecule has 7 rings (SSSR count). The largest absolute Gasteiger partial charge is 0.367 e. The van der Waals surface area contributed by atoms with E-state index in [-0.39, 0.29) is 11.2 Å². The van der Waals surface area contributed by atoms with Gasteiger partial charge in [-0.2, -0.15) is 15.0 Å². The second-order valence-corrected chi connectivity index (χ2v) is 11.2. The van der Waals surface area contributed by atoms with Crippen molar-refractivity contribution in [3.05, 3.63) is 95.1 Å². The molecule has 2 aliphatic heterocycles. The van der Waals surface area contributed by atoms with Crippen LogP contribution in [0.1, 0.15) is 61.9 Å². The van der Waals surface area contributed by atoms with Crippen molar-refractivity contribution < 1.29 is 18.7 Å². The Hall–Kier alpha value is -3.90. The van der Waals surface area contributed by atoms with Gasteiger partial charge in [0, 0.05) is 18.9 Å². The molecule has 2 aliphatic rings. The molecule has 42 heavy (non-hydrogen) atoms. The lowest BCUT2D eigenvalue weighted by Crippen LogP contribution is -2.27. The average Bonchev–Trinajstić information content (AvgIpc) is 3.77. The summed E-state index contributed by atoms with van der Waals surface area (Å²) in [5.41, 5.74) is 3.44. The lowest BCUT2D eigenvalue weighted by molar-refractivity contribution is -0.198. The van der Waals surface area contributed by atoms with E-state index in [1.807, 2.05) is 61.7 Å². The molecule has 2 aromatic carbocycles. The molecule has 0 bridgehead atoms. The average molecular weight is 588 g/mol. The minimum atomic E-state index is -0.827. The predicted octanol–water partition coefficient (Wildman–Crippen LogP) is 5.46. The predicted molar refractivity (Wildman–Crippen MR) is 154 cm³/mol. The quantitative estimate of drug-likeness (QED) is 0.234. The number of anilines is 1. The third kappa shape index (κ3) is 4.92. The zero-order chi connectivity index (χ0) is 28.8. The number of ether oxygens (including phenoxy) is 3. The molecular formula is C30H30ClN7O4. The molecule has 2 fully saturated rings. The molecule has 0 spiro atoms. The van der Waals surface area contributed by atoms with Gasteiger partial charge in [0.2, 0.25) is 17.0 Å². The Kier molecular flexibility index (Phi) is 6.89. The lowest BCUT2D eigenvalue weighted by atomic mass is 9.91. The summed E-state index contributed by atoms with van der Waals surface area (Å²) in [6.45, 7) is 6.26. The molecular weight excluding hydrogens is 558 g/mol. The summed E-state index contributed by atoms with van der Waals surface area (Å²) in [7, 11) is 0. The van der Waals surface area contributed by atoms with Crippen molar-refractivity contribution in [1.29, 1.82) is 0 Å². The highest BCUT2D eigenvalue weighted by Gasteiger charge is 2.58. The molecule has 12 heteroatoms. The third-order valence-electron chi connectivity index (χ3n) is 7.62. The van der Waals surface area contributed by atoms with Crippen molar-refractivity contribution in [2.24, 2.45) is 0 Å². The number of halogens is 1. The van der Waals surface area contributed by atoms with Crippen molar-refractivity contribution in [2.45, 2.75) is 63.4 Å². The molecule has 3 aromatic heterocycles. The van der Waals surface area contributed by atoms with Crippen LogP contribution in [0.2, 0.25) is 5.28 Å². The van der Waals surface area contributed by atoms with Crippen molar-refractivity contribution in [2.75, 3.05) is 11.9 Å². The van der Waals surface area contributed by atoms with Crippen molar-refractivity contribution in [3.8, 4) is 0 Å². The highest BCUT2D eigenvalue weighted by molar-refractivity contribution is 6.28. The van der Waals surface area contributed by atoms with Gasteiger partial charge in [0.15, 0.2) is 35.1 Å². The Labute approximate surface area is 247 Å². The van der Waals surface area contributed by atoms with E-state index in [1.165, 1.54) is 11.1 Å². The number of aryl methyl sites for hydroxylation is 1. The molecule has 5 heterocycles. The number of nitrogens with zero attached hydrogens (tertiary/aromatic N) is 6. The van der Waals surface area contributed by atoms with Gasteiger partial charge in [0.05, 0.1) is 6.33 Å². The van der Waals surface area contributed by atoms with E-state index in [0.29, 0.717) is 41.7 Å². The maximum Gasteiger partial charge on any atom is 0.226 e. The Balaban J connectivity index is 1.21. The molecule has 11 nitrogen and oxygen atoms in total. The van der Waals surface area contributed by atoms with Crippen molar-refractivity contribution in [3.63, 3.8) is 0 Å². The van der Waals surface area contributed by atoms with E-state index in [4.69, 9.17) is 30.3 Å². The van der Waals surface area contributed by atoms with Gasteiger partial charge in [0.25, 0.3) is 0 Å². The zero-order valence-electron chi connectivity index (χ0n) is 23.3. The van der Waals surface area contributed by atoms with Crippen molar-refractivity contribution >= 4 is 28.6 Å². The maximum atomic E-state index is 6.48. The zero-order valence-corrected chi connectivity index (χ0v) is 24.1. The number of nitrogens with one attached hydrogen (secondary N) is 1. The van der Waals surface area contributed by atoms with Crippen molar-refractivity contribution in [1.82, 2.24) is 29.7 Å². The van der Waals surface area contributed by atoms with Crippen LogP contribution in [-0.2, 0) is 20.6 Å². The molecule has 0 saturated carbocycles. The highest BCUT2D eigenvalue weighted by Crippen LogP contribution is 2.49. The van der Waals surface area contributed by atoms with E-state index < -0.39 is 30.3 Å². The summed E-state index contributed by atoms with van der Waals surface area (Å²) in [6.07, 6.45) is 0.117. The molecule has 0 aliphatic carbocycles. The smallest absolute Gasteiger partial charge is 0.226 e. The van der Waals surface area contributed by atoms with E-state index in [9.17, 15) is 0 Å². The van der Waals surface area contributed by atoms with E-state index in [1.54, 1.807) is 6.33 Å². The Morgan fingerprint density at radius 1 is 0.952 bits per heavy atom. The summed E-state index contributed by atoms with van der Waals surface area (Å²) in [4.78, 5) is 18.2. The lowest BCUT2D eigenvalue weighted by Gasteiger charge is -2.24. The van der Waals surface area contributed by atoms with Crippen LogP contribution in [0.15, 0.2) is 71.5 Å². The first-order valence-corrected chi connectivity index (χ1v) is 14.4. The summed E-state index contributed by atoms with van der Waals surface area (Å²) < 4.78 is 26.2. The SMILES string of the molecule is CCc1nc(C2OC(n3cnc4c(NCC(c5ccccc5)c5ccccc5)nc(Cl)nc43)[C@@H]3OC(C)(C)O[C@H]23)no1. The van der Waals surface area contributed by atoms with Crippen LogP contribution in [0.25, 0.3) is 11.2 Å². The Morgan fingerprint density at radius 2 is 1.64 bits per heavy atom. The second-order valence-electron chi connectivity index (χ2n) is 10.8. The topological polar surface area (TPSA) is 122 Å².